The fraction of sp³-hybridized carbons (Fsp3) is 0.316. The summed E-state index contributed by atoms with van der Waals surface area (Å²) in [7, 11) is -3.91. The van der Waals surface area contributed by atoms with Crippen LogP contribution in [0.4, 0.5) is 11.4 Å². The number of ether oxygens (including phenoxy) is 2. The Morgan fingerprint density at radius 3 is 2.70 bits per heavy atom. The molecule has 0 saturated carbocycles. The van der Waals surface area contributed by atoms with Gasteiger partial charge in [-0.2, -0.15) is 9.41 Å². The SMILES string of the molecule is O=[N+]([O-])c1ccc(N/N=C/c2cccc3c2OCO3)c(S(=O)(=O)N2CCCCC2)c1. The molecule has 1 saturated heterocycles. The molecule has 0 aliphatic carbocycles. The molecule has 2 aliphatic heterocycles. The standard InChI is InChI=1S/C19H20N4O6S/c24-23(25)15-7-8-16(18(11-15)30(26,27)22-9-2-1-3-10-22)21-20-12-14-5-4-6-17-19(14)29-13-28-17/h4-8,11-12,21H,1-3,9-10,13H2/b20-12+. The van der Waals surface area contributed by atoms with Crippen LogP contribution in [-0.2, 0) is 10.0 Å². The maximum Gasteiger partial charge on any atom is 0.270 e. The van der Waals surface area contributed by atoms with E-state index >= 15 is 0 Å². The van der Waals surface area contributed by atoms with Crippen molar-refractivity contribution in [2.45, 2.75) is 24.2 Å². The first-order valence-electron chi connectivity index (χ1n) is 9.43. The molecule has 0 amide bonds. The number of nitrogens with zero attached hydrogens (tertiary/aromatic N) is 3. The molecule has 1 fully saturated rings. The molecule has 0 spiro atoms. The zero-order valence-corrected chi connectivity index (χ0v) is 16.8. The number of hydrogen-bond donors (Lipinski definition) is 1. The van der Waals surface area contributed by atoms with Gasteiger partial charge < -0.3 is 9.47 Å². The number of piperidine rings is 1. The number of rotatable bonds is 6. The van der Waals surface area contributed by atoms with Gasteiger partial charge in [0.25, 0.3) is 5.69 Å². The number of para-hydroxylation sites is 1. The van der Waals surface area contributed by atoms with E-state index in [0.717, 1.165) is 25.3 Å². The van der Waals surface area contributed by atoms with E-state index in [1.165, 1.54) is 22.7 Å². The third-order valence-corrected chi connectivity index (χ3v) is 6.86. The van der Waals surface area contributed by atoms with E-state index in [4.69, 9.17) is 9.47 Å². The number of nitrogens with one attached hydrogen (secondary N) is 1. The van der Waals surface area contributed by atoms with E-state index in [1.807, 2.05) is 0 Å². The van der Waals surface area contributed by atoms with Crippen LogP contribution in [0, 0.1) is 10.1 Å². The van der Waals surface area contributed by atoms with Crippen LogP contribution in [0.25, 0.3) is 0 Å². The molecule has 0 aromatic heterocycles. The number of hydrazone groups is 1. The van der Waals surface area contributed by atoms with Gasteiger partial charge in [0.05, 0.1) is 16.8 Å². The molecule has 2 aromatic rings. The number of non-ortho nitro benzene ring substituents is 1. The van der Waals surface area contributed by atoms with E-state index in [-0.39, 0.29) is 23.1 Å². The van der Waals surface area contributed by atoms with Crippen molar-refractivity contribution in [3.05, 3.63) is 52.1 Å². The predicted molar refractivity (Wildman–Crippen MR) is 109 cm³/mol. The summed E-state index contributed by atoms with van der Waals surface area (Å²) in [6, 6.07) is 8.99. The average molecular weight is 432 g/mol. The third kappa shape index (κ3) is 3.94. The van der Waals surface area contributed by atoms with Crippen molar-refractivity contribution in [2.24, 2.45) is 5.10 Å². The number of benzene rings is 2. The fourth-order valence-electron chi connectivity index (χ4n) is 3.40. The van der Waals surface area contributed by atoms with Gasteiger partial charge in [-0.05, 0) is 31.0 Å². The van der Waals surface area contributed by atoms with Crippen LogP contribution in [-0.4, -0.2) is 43.7 Å². The smallest absolute Gasteiger partial charge is 0.270 e. The van der Waals surface area contributed by atoms with Gasteiger partial charge in [-0.15, -0.1) is 0 Å². The number of fused-ring (bicyclic) bond motifs is 1. The topological polar surface area (TPSA) is 123 Å². The van der Waals surface area contributed by atoms with Crippen LogP contribution < -0.4 is 14.9 Å². The van der Waals surface area contributed by atoms with E-state index in [0.29, 0.717) is 30.2 Å². The van der Waals surface area contributed by atoms with Gasteiger partial charge >= 0.3 is 0 Å². The maximum absolute atomic E-state index is 13.1. The molecular formula is C19H20N4O6S. The molecule has 10 nitrogen and oxygen atoms in total. The Hall–Kier alpha value is -3.18. The highest BCUT2D eigenvalue weighted by atomic mass is 32.2. The van der Waals surface area contributed by atoms with Crippen molar-refractivity contribution >= 4 is 27.6 Å². The Labute approximate surface area is 173 Å². The summed E-state index contributed by atoms with van der Waals surface area (Å²) < 4.78 is 38.4. The molecule has 0 atom stereocenters. The molecule has 2 heterocycles. The minimum Gasteiger partial charge on any atom is -0.454 e. The second kappa shape index (κ2) is 8.28. The normalized spacial score (nSPS) is 16.7. The summed E-state index contributed by atoms with van der Waals surface area (Å²) in [5.74, 6) is 1.15. The monoisotopic (exact) mass is 432 g/mol. The van der Waals surface area contributed by atoms with E-state index < -0.39 is 14.9 Å². The Morgan fingerprint density at radius 1 is 1.13 bits per heavy atom. The Morgan fingerprint density at radius 2 is 1.93 bits per heavy atom. The third-order valence-electron chi connectivity index (χ3n) is 4.92. The molecule has 0 unspecified atom stereocenters. The molecule has 4 rings (SSSR count). The Balaban J connectivity index is 1.64. The number of hydrogen-bond acceptors (Lipinski definition) is 8. The predicted octanol–water partition coefficient (Wildman–Crippen LogP) is 2.94. The van der Waals surface area contributed by atoms with Crippen molar-refractivity contribution in [1.82, 2.24) is 4.31 Å². The largest absolute Gasteiger partial charge is 0.454 e. The number of nitro benzene ring substituents is 1. The molecule has 0 bridgehead atoms. The van der Waals surface area contributed by atoms with E-state index in [9.17, 15) is 18.5 Å². The van der Waals surface area contributed by atoms with Crippen molar-refractivity contribution < 1.29 is 22.8 Å². The Kier molecular flexibility index (Phi) is 5.55. The van der Waals surface area contributed by atoms with Crippen LogP contribution in [0.3, 0.4) is 0 Å². The van der Waals surface area contributed by atoms with E-state index in [1.54, 1.807) is 18.2 Å². The van der Waals surface area contributed by atoms with Crippen LogP contribution in [0.1, 0.15) is 24.8 Å². The lowest BCUT2D eigenvalue weighted by molar-refractivity contribution is -0.385. The van der Waals surface area contributed by atoms with Crippen LogP contribution in [0.5, 0.6) is 11.5 Å². The van der Waals surface area contributed by atoms with Crippen LogP contribution in [0.2, 0.25) is 0 Å². The second-order valence-corrected chi connectivity index (χ2v) is 8.76. The molecule has 11 heteroatoms. The lowest BCUT2D eigenvalue weighted by atomic mass is 10.2. The van der Waals surface area contributed by atoms with Gasteiger partial charge in [0, 0.05) is 30.8 Å². The van der Waals surface area contributed by atoms with Crippen LogP contribution >= 0.6 is 0 Å². The zero-order chi connectivity index (χ0) is 21.1. The minimum atomic E-state index is -3.91. The van der Waals surface area contributed by atoms with Crippen molar-refractivity contribution in [3.8, 4) is 11.5 Å². The molecule has 30 heavy (non-hydrogen) atoms. The van der Waals surface area contributed by atoms with Gasteiger partial charge in [-0.1, -0.05) is 12.5 Å². The maximum atomic E-state index is 13.1. The zero-order valence-electron chi connectivity index (χ0n) is 16.0. The lowest BCUT2D eigenvalue weighted by Crippen LogP contribution is -2.35. The Bertz CT molecular complexity index is 1100. The van der Waals surface area contributed by atoms with Crippen molar-refractivity contribution in [1.29, 1.82) is 0 Å². The van der Waals surface area contributed by atoms with E-state index in [2.05, 4.69) is 10.5 Å². The summed E-state index contributed by atoms with van der Waals surface area (Å²) in [4.78, 5) is 10.4. The van der Waals surface area contributed by atoms with Gasteiger partial charge in [0.1, 0.15) is 4.90 Å². The molecule has 158 valence electrons. The van der Waals surface area contributed by atoms with Gasteiger partial charge in [-0.25, -0.2) is 8.42 Å². The van der Waals surface area contributed by atoms with Crippen molar-refractivity contribution in [3.63, 3.8) is 0 Å². The first-order chi connectivity index (χ1) is 14.5. The number of anilines is 1. The van der Waals surface area contributed by atoms with Gasteiger partial charge in [0.15, 0.2) is 11.5 Å². The highest BCUT2D eigenvalue weighted by Gasteiger charge is 2.30. The summed E-state index contributed by atoms with van der Waals surface area (Å²) >= 11 is 0. The summed E-state index contributed by atoms with van der Waals surface area (Å²) in [6.07, 6.45) is 3.96. The summed E-state index contributed by atoms with van der Waals surface area (Å²) in [6.45, 7) is 0.899. The van der Waals surface area contributed by atoms with Gasteiger partial charge in [0.2, 0.25) is 16.8 Å². The number of nitro groups is 1. The minimum absolute atomic E-state index is 0.119. The highest BCUT2D eigenvalue weighted by molar-refractivity contribution is 7.89. The highest BCUT2D eigenvalue weighted by Crippen LogP contribution is 2.34. The molecule has 2 aliphatic rings. The number of sulfonamides is 1. The molecule has 1 N–H and O–H groups in total. The molecule has 0 radical (unpaired) electrons. The first-order valence-corrected chi connectivity index (χ1v) is 10.9. The summed E-state index contributed by atoms with van der Waals surface area (Å²) in [5, 5.41) is 15.3. The van der Waals surface area contributed by atoms with Crippen molar-refractivity contribution in [2.75, 3.05) is 25.3 Å². The molecular weight excluding hydrogens is 412 g/mol. The summed E-state index contributed by atoms with van der Waals surface area (Å²) in [5.41, 5.74) is 3.22. The second-order valence-electron chi connectivity index (χ2n) is 6.85. The quantitative estimate of drug-likeness (QED) is 0.423. The first kappa shape index (κ1) is 20.1. The van der Waals surface area contributed by atoms with Gasteiger partial charge in [-0.3, -0.25) is 15.5 Å². The van der Waals surface area contributed by atoms with Crippen LogP contribution in [0.15, 0.2) is 46.4 Å². The molecule has 2 aromatic carbocycles. The lowest BCUT2D eigenvalue weighted by Gasteiger charge is -2.26. The fourth-order valence-corrected chi connectivity index (χ4v) is 5.08. The average Bonchev–Trinajstić information content (AvgIpc) is 3.24.